The standard InChI is InChI=1S/C20H35F3O/c1-2-16-24-19(12-6-7-13-20(21,22)23)14-10-18(11-15-19)17-8-4-3-5-9-17/h17-18H,2-16H2,1H3. The number of ether oxygens (including phenoxy) is 1. The summed E-state index contributed by atoms with van der Waals surface area (Å²) in [6.45, 7) is 2.85. The first-order valence-electron chi connectivity index (χ1n) is 10.1. The van der Waals surface area contributed by atoms with E-state index in [1.165, 1.54) is 44.9 Å². The number of hydrogen-bond acceptors (Lipinski definition) is 1. The average Bonchev–Trinajstić information content (AvgIpc) is 2.58. The third kappa shape index (κ3) is 6.57. The van der Waals surface area contributed by atoms with Gasteiger partial charge in [0.2, 0.25) is 0 Å². The van der Waals surface area contributed by atoms with Gasteiger partial charge in [-0.15, -0.1) is 0 Å². The van der Waals surface area contributed by atoms with Gasteiger partial charge >= 0.3 is 6.18 Å². The summed E-state index contributed by atoms with van der Waals surface area (Å²) in [4.78, 5) is 0. The molecule has 4 heteroatoms. The van der Waals surface area contributed by atoms with Crippen LogP contribution >= 0.6 is 0 Å². The predicted molar refractivity (Wildman–Crippen MR) is 92.0 cm³/mol. The van der Waals surface area contributed by atoms with Gasteiger partial charge in [-0.1, -0.05) is 45.4 Å². The first-order chi connectivity index (χ1) is 11.4. The molecule has 0 amide bonds. The van der Waals surface area contributed by atoms with Crippen molar-refractivity contribution in [2.24, 2.45) is 11.8 Å². The number of rotatable bonds is 8. The summed E-state index contributed by atoms with van der Waals surface area (Å²) < 4.78 is 43.2. The van der Waals surface area contributed by atoms with E-state index in [2.05, 4.69) is 6.92 Å². The zero-order valence-corrected chi connectivity index (χ0v) is 15.3. The van der Waals surface area contributed by atoms with Crippen molar-refractivity contribution in [3.63, 3.8) is 0 Å². The fourth-order valence-corrected chi connectivity index (χ4v) is 4.80. The topological polar surface area (TPSA) is 9.23 Å². The van der Waals surface area contributed by atoms with Crippen LogP contribution in [0.2, 0.25) is 0 Å². The molecule has 0 aromatic heterocycles. The SMILES string of the molecule is CCCOC1(CCCCC(F)(F)F)CCC(C2CCCCC2)CC1. The lowest BCUT2D eigenvalue weighted by Crippen LogP contribution is -2.39. The van der Waals surface area contributed by atoms with E-state index in [4.69, 9.17) is 4.74 Å². The first-order valence-corrected chi connectivity index (χ1v) is 10.1. The molecule has 1 nitrogen and oxygen atoms in total. The molecular formula is C20H35F3O. The molecule has 2 rings (SSSR count). The largest absolute Gasteiger partial charge is 0.389 e. The molecule has 0 aromatic rings. The molecule has 0 aromatic carbocycles. The molecule has 2 aliphatic carbocycles. The monoisotopic (exact) mass is 348 g/mol. The molecule has 0 aliphatic heterocycles. The van der Waals surface area contributed by atoms with Crippen LogP contribution in [0.3, 0.4) is 0 Å². The van der Waals surface area contributed by atoms with Gasteiger partial charge < -0.3 is 4.74 Å². The zero-order valence-electron chi connectivity index (χ0n) is 15.3. The number of unbranched alkanes of at least 4 members (excludes halogenated alkanes) is 1. The zero-order chi connectivity index (χ0) is 17.5. The third-order valence-corrected chi connectivity index (χ3v) is 6.21. The summed E-state index contributed by atoms with van der Waals surface area (Å²) in [6.07, 6.45) is 9.48. The summed E-state index contributed by atoms with van der Waals surface area (Å²) in [5, 5.41) is 0. The van der Waals surface area contributed by atoms with Gasteiger partial charge in [0.1, 0.15) is 0 Å². The number of hydrogen-bond donors (Lipinski definition) is 0. The fraction of sp³-hybridized carbons (Fsp3) is 1.00. The molecule has 2 aliphatic rings. The van der Waals surface area contributed by atoms with E-state index in [1.807, 2.05) is 0 Å². The molecule has 2 saturated carbocycles. The average molecular weight is 348 g/mol. The van der Waals surface area contributed by atoms with Crippen molar-refractivity contribution in [3.05, 3.63) is 0 Å². The van der Waals surface area contributed by atoms with Crippen molar-refractivity contribution < 1.29 is 17.9 Å². The Morgan fingerprint density at radius 3 is 2.12 bits per heavy atom. The molecule has 0 bridgehead atoms. The van der Waals surface area contributed by atoms with Gasteiger partial charge in [0.05, 0.1) is 5.60 Å². The molecule has 24 heavy (non-hydrogen) atoms. The Morgan fingerprint density at radius 2 is 1.54 bits per heavy atom. The van der Waals surface area contributed by atoms with E-state index < -0.39 is 12.6 Å². The van der Waals surface area contributed by atoms with Crippen LogP contribution in [0.5, 0.6) is 0 Å². The third-order valence-electron chi connectivity index (χ3n) is 6.21. The molecule has 0 heterocycles. The van der Waals surface area contributed by atoms with Crippen LogP contribution in [-0.2, 0) is 4.74 Å². The number of alkyl halides is 3. The van der Waals surface area contributed by atoms with E-state index in [-0.39, 0.29) is 12.0 Å². The van der Waals surface area contributed by atoms with Crippen LogP contribution in [0.15, 0.2) is 0 Å². The molecule has 2 fully saturated rings. The first kappa shape index (κ1) is 20.1. The van der Waals surface area contributed by atoms with E-state index in [0.29, 0.717) is 6.42 Å². The highest BCUT2D eigenvalue weighted by Gasteiger charge is 2.38. The maximum atomic E-state index is 12.3. The second-order valence-electron chi connectivity index (χ2n) is 8.09. The molecule has 0 atom stereocenters. The molecule has 0 saturated heterocycles. The molecular weight excluding hydrogens is 313 g/mol. The Morgan fingerprint density at radius 1 is 0.917 bits per heavy atom. The highest BCUT2D eigenvalue weighted by atomic mass is 19.4. The van der Waals surface area contributed by atoms with Gasteiger partial charge in [-0.3, -0.25) is 0 Å². The second-order valence-corrected chi connectivity index (χ2v) is 8.09. The van der Waals surface area contributed by atoms with Gasteiger partial charge in [0, 0.05) is 13.0 Å². The minimum absolute atomic E-state index is 0.132. The Balaban J connectivity index is 1.80. The highest BCUT2D eigenvalue weighted by Crippen LogP contribution is 2.44. The summed E-state index contributed by atoms with van der Waals surface area (Å²) >= 11 is 0. The van der Waals surface area contributed by atoms with Gasteiger partial charge in [0.15, 0.2) is 0 Å². The van der Waals surface area contributed by atoms with Crippen LogP contribution in [0, 0.1) is 11.8 Å². The molecule has 142 valence electrons. The smallest absolute Gasteiger partial charge is 0.375 e. The van der Waals surface area contributed by atoms with E-state index in [9.17, 15) is 13.2 Å². The Kier molecular flexibility index (Phi) is 7.90. The van der Waals surface area contributed by atoms with Crippen molar-refractivity contribution in [1.82, 2.24) is 0 Å². The summed E-state index contributed by atoms with van der Waals surface area (Å²) in [6, 6.07) is 0. The van der Waals surface area contributed by atoms with Crippen LogP contribution in [0.25, 0.3) is 0 Å². The Hall–Kier alpha value is -0.250. The van der Waals surface area contributed by atoms with Crippen LogP contribution in [-0.4, -0.2) is 18.4 Å². The summed E-state index contributed by atoms with van der Waals surface area (Å²) in [5.74, 6) is 1.73. The van der Waals surface area contributed by atoms with Crippen molar-refractivity contribution >= 4 is 0 Å². The van der Waals surface area contributed by atoms with E-state index in [0.717, 1.165) is 44.1 Å². The van der Waals surface area contributed by atoms with Gasteiger partial charge in [0.25, 0.3) is 0 Å². The minimum Gasteiger partial charge on any atom is -0.375 e. The second kappa shape index (κ2) is 9.45. The van der Waals surface area contributed by atoms with Crippen molar-refractivity contribution in [2.45, 2.75) is 109 Å². The number of halogens is 3. The van der Waals surface area contributed by atoms with E-state index >= 15 is 0 Å². The maximum Gasteiger partial charge on any atom is 0.389 e. The molecule has 0 N–H and O–H groups in total. The lowest BCUT2D eigenvalue weighted by atomic mass is 9.68. The van der Waals surface area contributed by atoms with Crippen molar-refractivity contribution in [3.8, 4) is 0 Å². The normalized spacial score (nSPS) is 29.8. The molecule has 0 radical (unpaired) electrons. The fourth-order valence-electron chi connectivity index (χ4n) is 4.80. The van der Waals surface area contributed by atoms with Crippen molar-refractivity contribution in [2.75, 3.05) is 6.61 Å². The Labute approximate surface area is 145 Å². The highest BCUT2D eigenvalue weighted by molar-refractivity contribution is 4.90. The van der Waals surface area contributed by atoms with E-state index in [1.54, 1.807) is 0 Å². The maximum absolute atomic E-state index is 12.3. The van der Waals surface area contributed by atoms with Gasteiger partial charge in [-0.2, -0.15) is 13.2 Å². The molecule has 0 unspecified atom stereocenters. The van der Waals surface area contributed by atoms with Crippen LogP contribution in [0.1, 0.15) is 96.8 Å². The summed E-state index contributed by atoms with van der Waals surface area (Å²) in [7, 11) is 0. The lowest BCUT2D eigenvalue weighted by molar-refractivity contribution is -0.137. The van der Waals surface area contributed by atoms with Crippen molar-refractivity contribution in [1.29, 1.82) is 0 Å². The quantitative estimate of drug-likeness (QED) is 0.427. The van der Waals surface area contributed by atoms with Crippen LogP contribution in [0.4, 0.5) is 13.2 Å². The predicted octanol–water partition coefficient (Wildman–Crippen LogP) is 7.05. The van der Waals surface area contributed by atoms with Gasteiger partial charge in [-0.25, -0.2) is 0 Å². The van der Waals surface area contributed by atoms with Gasteiger partial charge in [-0.05, 0) is 56.8 Å². The molecule has 0 spiro atoms. The summed E-state index contributed by atoms with van der Waals surface area (Å²) in [5.41, 5.74) is -0.132. The van der Waals surface area contributed by atoms with Crippen LogP contribution < -0.4 is 0 Å². The minimum atomic E-state index is -4.02. The Bertz CT molecular complexity index is 339. The lowest BCUT2D eigenvalue weighted by Gasteiger charge is -2.43.